The van der Waals surface area contributed by atoms with Crippen LogP contribution in [0.4, 0.5) is 0 Å². The van der Waals surface area contributed by atoms with Crippen molar-refractivity contribution in [3.05, 3.63) is 0 Å². The molecule has 0 rings (SSSR count). The van der Waals surface area contributed by atoms with Crippen molar-refractivity contribution in [3.8, 4) is 0 Å². The molecular formula is C15H28N4O8. The third-order valence-electron chi connectivity index (χ3n) is 3.68. The Morgan fingerprint density at radius 2 is 1.33 bits per heavy atom. The average Bonchev–Trinajstić information content (AvgIpc) is 2.59. The predicted octanol–water partition coefficient (Wildman–Crippen LogP) is -4.13. The highest BCUT2D eigenvalue weighted by molar-refractivity contribution is 5.94. The van der Waals surface area contributed by atoms with Gasteiger partial charge >= 0.3 is 5.97 Å². The SMILES string of the molecule is CC(C)C(NC(=O)C(CO)NC(=O)C(N)C(C)O)C(=O)NC(CO)C(=O)O. The normalized spacial score (nSPS) is 16.6. The highest BCUT2D eigenvalue weighted by Crippen LogP contribution is 2.04. The van der Waals surface area contributed by atoms with Gasteiger partial charge in [0.1, 0.15) is 24.2 Å². The van der Waals surface area contributed by atoms with Crippen molar-refractivity contribution < 1.29 is 39.6 Å². The van der Waals surface area contributed by atoms with Crippen LogP contribution in [-0.2, 0) is 19.2 Å². The largest absolute Gasteiger partial charge is 0.480 e. The van der Waals surface area contributed by atoms with Gasteiger partial charge in [-0.3, -0.25) is 14.4 Å². The molecule has 3 amide bonds. The Balaban J connectivity index is 5.10. The summed E-state index contributed by atoms with van der Waals surface area (Å²) >= 11 is 0. The molecule has 5 atom stereocenters. The van der Waals surface area contributed by atoms with Crippen molar-refractivity contribution in [2.45, 2.75) is 51.0 Å². The second-order valence-corrected chi connectivity index (χ2v) is 6.32. The number of aliphatic hydroxyl groups is 3. The maximum Gasteiger partial charge on any atom is 0.328 e. The summed E-state index contributed by atoms with van der Waals surface area (Å²) in [5, 5.41) is 43.0. The molecule has 27 heavy (non-hydrogen) atoms. The molecule has 12 heteroatoms. The zero-order valence-corrected chi connectivity index (χ0v) is 15.4. The predicted molar refractivity (Wildman–Crippen MR) is 92.1 cm³/mol. The van der Waals surface area contributed by atoms with Crippen LogP contribution >= 0.6 is 0 Å². The lowest BCUT2D eigenvalue weighted by Gasteiger charge is -2.26. The molecule has 0 aromatic carbocycles. The fraction of sp³-hybridized carbons (Fsp3) is 0.733. The molecule has 0 saturated carbocycles. The van der Waals surface area contributed by atoms with E-state index in [2.05, 4.69) is 16.0 Å². The smallest absolute Gasteiger partial charge is 0.328 e. The molecule has 156 valence electrons. The monoisotopic (exact) mass is 392 g/mol. The fourth-order valence-electron chi connectivity index (χ4n) is 1.92. The molecule has 0 bridgehead atoms. The summed E-state index contributed by atoms with van der Waals surface area (Å²) in [5.41, 5.74) is 5.44. The van der Waals surface area contributed by atoms with E-state index in [1.165, 1.54) is 6.92 Å². The Morgan fingerprint density at radius 1 is 0.852 bits per heavy atom. The van der Waals surface area contributed by atoms with Gasteiger partial charge in [-0.15, -0.1) is 0 Å². The van der Waals surface area contributed by atoms with Crippen LogP contribution in [0, 0.1) is 5.92 Å². The van der Waals surface area contributed by atoms with E-state index in [1.54, 1.807) is 13.8 Å². The highest BCUT2D eigenvalue weighted by Gasteiger charge is 2.31. The van der Waals surface area contributed by atoms with E-state index in [9.17, 15) is 29.4 Å². The average molecular weight is 392 g/mol. The summed E-state index contributed by atoms with van der Waals surface area (Å²) in [6, 6.07) is -5.50. The van der Waals surface area contributed by atoms with Crippen molar-refractivity contribution in [1.29, 1.82) is 0 Å². The molecule has 0 spiro atoms. The first-order valence-electron chi connectivity index (χ1n) is 8.25. The van der Waals surface area contributed by atoms with Crippen molar-refractivity contribution in [2.75, 3.05) is 13.2 Å². The Labute approximate surface area is 156 Å². The molecular weight excluding hydrogens is 364 g/mol. The maximum absolute atomic E-state index is 12.3. The number of aliphatic hydroxyl groups excluding tert-OH is 3. The summed E-state index contributed by atoms with van der Waals surface area (Å²) in [6.45, 7) is 2.79. The first kappa shape index (κ1) is 24.7. The molecule has 9 N–H and O–H groups in total. The zero-order valence-electron chi connectivity index (χ0n) is 15.4. The molecule has 0 aromatic rings. The van der Waals surface area contributed by atoms with Gasteiger partial charge in [-0.2, -0.15) is 0 Å². The number of carbonyl (C=O) groups is 4. The van der Waals surface area contributed by atoms with E-state index in [-0.39, 0.29) is 0 Å². The molecule has 0 aliphatic rings. The molecule has 0 saturated heterocycles. The van der Waals surface area contributed by atoms with Crippen LogP contribution in [0.5, 0.6) is 0 Å². The van der Waals surface area contributed by atoms with Crippen LogP contribution in [0.3, 0.4) is 0 Å². The van der Waals surface area contributed by atoms with Crippen LogP contribution in [-0.4, -0.2) is 87.6 Å². The summed E-state index contributed by atoms with van der Waals surface area (Å²) in [7, 11) is 0. The minimum atomic E-state index is -1.55. The molecule has 0 aliphatic heterocycles. The summed E-state index contributed by atoms with van der Waals surface area (Å²) < 4.78 is 0. The number of aliphatic carboxylic acids is 1. The third kappa shape index (κ3) is 7.86. The summed E-state index contributed by atoms with van der Waals surface area (Å²) in [6.07, 6.45) is -1.19. The number of rotatable bonds is 11. The van der Waals surface area contributed by atoms with E-state index in [1.807, 2.05) is 0 Å². The van der Waals surface area contributed by atoms with Gasteiger partial charge in [-0.05, 0) is 12.8 Å². The van der Waals surface area contributed by atoms with Crippen LogP contribution in [0.2, 0.25) is 0 Å². The van der Waals surface area contributed by atoms with Gasteiger partial charge in [0.2, 0.25) is 17.7 Å². The molecule has 0 aromatic heterocycles. The number of nitrogens with two attached hydrogens (primary N) is 1. The molecule has 0 heterocycles. The second-order valence-electron chi connectivity index (χ2n) is 6.32. The van der Waals surface area contributed by atoms with E-state index >= 15 is 0 Å². The lowest BCUT2D eigenvalue weighted by Crippen LogP contribution is -2.60. The van der Waals surface area contributed by atoms with E-state index < -0.39 is 73.1 Å². The Bertz CT molecular complexity index is 540. The standard InChI is InChI=1S/C15H28N4O8/c1-6(2)11(14(25)18-9(5-21)15(26)27)19-12(23)8(4-20)17-13(24)10(16)7(3)22/h6-11,20-22H,4-5,16H2,1-3H3,(H,17,24)(H,18,25)(H,19,23)(H,26,27). The molecule has 0 radical (unpaired) electrons. The van der Waals surface area contributed by atoms with Gasteiger partial charge in [0.25, 0.3) is 0 Å². The van der Waals surface area contributed by atoms with Crippen LogP contribution in [0.1, 0.15) is 20.8 Å². The van der Waals surface area contributed by atoms with Crippen molar-refractivity contribution in [2.24, 2.45) is 11.7 Å². The van der Waals surface area contributed by atoms with Crippen molar-refractivity contribution in [3.63, 3.8) is 0 Å². The number of hydrogen-bond acceptors (Lipinski definition) is 8. The van der Waals surface area contributed by atoms with Gasteiger partial charge in [0.05, 0.1) is 19.3 Å². The number of hydrogen-bond donors (Lipinski definition) is 8. The fourth-order valence-corrected chi connectivity index (χ4v) is 1.92. The van der Waals surface area contributed by atoms with Crippen molar-refractivity contribution >= 4 is 23.7 Å². The molecule has 12 nitrogen and oxygen atoms in total. The zero-order chi connectivity index (χ0) is 21.3. The maximum atomic E-state index is 12.3. The second kappa shape index (κ2) is 11.4. The van der Waals surface area contributed by atoms with Crippen LogP contribution in [0.15, 0.2) is 0 Å². The van der Waals surface area contributed by atoms with E-state index in [0.29, 0.717) is 0 Å². The number of nitrogens with one attached hydrogen (secondary N) is 3. The number of carboxylic acid groups (broad SMARTS) is 1. The van der Waals surface area contributed by atoms with Gasteiger partial charge in [-0.1, -0.05) is 13.8 Å². The van der Waals surface area contributed by atoms with Crippen molar-refractivity contribution in [1.82, 2.24) is 16.0 Å². The van der Waals surface area contributed by atoms with Gasteiger partial charge < -0.3 is 42.1 Å². The third-order valence-corrected chi connectivity index (χ3v) is 3.68. The van der Waals surface area contributed by atoms with Gasteiger partial charge in [-0.25, -0.2) is 4.79 Å². The van der Waals surface area contributed by atoms with Gasteiger partial charge in [0, 0.05) is 0 Å². The Morgan fingerprint density at radius 3 is 1.70 bits per heavy atom. The number of amides is 3. The molecule has 0 aliphatic carbocycles. The minimum Gasteiger partial charge on any atom is -0.480 e. The minimum absolute atomic E-state index is 0.475. The number of carboxylic acids is 1. The lowest BCUT2D eigenvalue weighted by atomic mass is 10.0. The lowest BCUT2D eigenvalue weighted by molar-refractivity contribution is -0.143. The Hall–Kier alpha value is -2.28. The Kier molecular flexibility index (Phi) is 10.5. The topological polar surface area (TPSA) is 211 Å². The van der Waals surface area contributed by atoms with Crippen LogP contribution < -0.4 is 21.7 Å². The first-order valence-corrected chi connectivity index (χ1v) is 8.25. The van der Waals surface area contributed by atoms with E-state index in [0.717, 1.165) is 0 Å². The summed E-state index contributed by atoms with van der Waals surface area (Å²) in [5.74, 6) is -4.57. The summed E-state index contributed by atoms with van der Waals surface area (Å²) in [4.78, 5) is 47.2. The van der Waals surface area contributed by atoms with E-state index in [4.69, 9.17) is 15.9 Å². The number of carbonyl (C=O) groups excluding carboxylic acids is 3. The molecule has 5 unspecified atom stereocenters. The van der Waals surface area contributed by atoms with Gasteiger partial charge in [0.15, 0.2) is 0 Å². The molecule has 0 fully saturated rings. The quantitative estimate of drug-likeness (QED) is 0.171. The first-order chi connectivity index (χ1) is 12.5. The highest BCUT2D eigenvalue weighted by atomic mass is 16.4. The van der Waals surface area contributed by atoms with Crippen LogP contribution in [0.25, 0.3) is 0 Å².